The number of ketones is 1. The van der Waals surface area contributed by atoms with Crippen LogP contribution in [-0.4, -0.2) is 10.7 Å². The molecule has 0 heterocycles. The fraction of sp³-hybridized carbons (Fsp3) is 0.111. The molecule has 0 atom stereocenters. The van der Waals surface area contributed by atoms with Crippen LogP contribution in [0.5, 0.6) is 0 Å². The third kappa shape index (κ3) is 3.50. The highest BCUT2D eigenvalue weighted by molar-refractivity contribution is 6.14. The van der Waals surface area contributed by atoms with E-state index in [1.54, 1.807) is 44.2 Å². The average molecular weight is 306 g/mol. The van der Waals surface area contributed by atoms with Crippen LogP contribution in [0.25, 0.3) is 6.08 Å². The lowest BCUT2D eigenvalue weighted by molar-refractivity contribution is -0.385. The van der Waals surface area contributed by atoms with Gasteiger partial charge in [-0.25, -0.2) is 0 Å². The van der Waals surface area contributed by atoms with Crippen LogP contribution < -0.4 is 0 Å². The van der Waals surface area contributed by atoms with Gasteiger partial charge in [0.15, 0.2) is 0 Å². The molecule has 0 unspecified atom stereocenters. The Bertz CT molecular complexity index is 861. The maximum atomic E-state index is 12.5. The maximum absolute atomic E-state index is 12.5. The number of allylic oxidation sites excluding steroid dienone is 1. The number of nitro groups is 1. The number of rotatable bonds is 4. The first-order valence-corrected chi connectivity index (χ1v) is 6.91. The summed E-state index contributed by atoms with van der Waals surface area (Å²) in [5, 5.41) is 20.3. The molecule has 0 radical (unpaired) electrons. The summed E-state index contributed by atoms with van der Waals surface area (Å²) in [6.07, 6.45) is 1.38. The van der Waals surface area contributed by atoms with E-state index < -0.39 is 10.7 Å². The van der Waals surface area contributed by atoms with Crippen molar-refractivity contribution in [3.8, 4) is 6.07 Å². The van der Waals surface area contributed by atoms with Gasteiger partial charge in [-0.15, -0.1) is 0 Å². The van der Waals surface area contributed by atoms with Gasteiger partial charge in [0.05, 0.1) is 4.92 Å². The van der Waals surface area contributed by atoms with E-state index >= 15 is 0 Å². The second kappa shape index (κ2) is 6.67. The van der Waals surface area contributed by atoms with Crippen molar-refractivity contribution < 1.29 is 9.72 Å². The molecule has 2 aromatic carbocycles. The second-order valence-electron chi connectivity index (χ2n) is 5.12. The molecule has 0 amide bonds. The van der Waals surface area contributed by atoms with Crippen molar-refractivity contribution in [1.82, 2.24) is 0 Å². The summed E-state index contributed by atoms with van der Waals surface area (Å²) < 4.78 is 0. The molecule has 0 spiro atoms. The number of nitrogens with zero attached hydrogens (tertiary/aromatic N) is 2. The van der Waals surface area contributed by atoms with Crippen LogP contribution in [0.4, 0.5) is 5.69 Å². The molecule has 2 rings (SSSR count). The number of nitriles is 1. The minimum absolute atomic E-state index is 0.0422. The Morgan fingerprint density at radius 3 is 2.48 bits per heavy atom. The fourth-order valence-electron chi connectivity index (χ4n) is 2.20. The molecule has 0 saturated carbocycles. The minimum atomic E-state index is -0.484. The lowest BCUT2D eigenvalue weighted by Crippen LogP contribution is -2.04. The molecule has 5 heteroatoms. The highest BCUT2D eigenvalue weighted by Crippen LogP contribution is 2.22. The van der Waals surface area contributed by atoms with E-state index in [4.69, 9.17) is 0 Å². The molecule has 0 saturated heterocycles. The van der Waals surface area contributed by atoms with Crippen LogP contribution in [0, 0.1) is 35.3 Å². The Labute approximate surface area is 133 Å². The molecule has 0 aliphatic rings. The van der Waals surface area contributed by atoms with E-state index in [2.05, 4.69) is 0 Å². The lowest BCUT2D eigenvalue weighted by Gasteiger charge is -2.04. The highest BCUT2D eigenvalue weighted by Gasteiger charge is 2.15. The van der Waals surface area contributed by atoms with Gasteiger partial charge in [0.25, 0.3) is 5.69 Å². The van der Waals surface area contributed by atoms with Crippen molar-refractivity contribution in [2.45, 2.75) is 13.8 Å². The third-order valence-electron chi connectivity index (χ3n) is 3.50. The van der Waals surface area contributed by atoms with Crippen LogP contribution in [0.3, 0.4) is 0 Å². The normalized spacial score (nSPS) is 10.9. The van der Waals surface area contributed by atoms with Crippen LogP contribution in [0.15, 0.2) is 48.0 Å². The van der Waals surface area contributed by atoms with Crippen molar-refractivity contribution in [3.63, 3.8) is 0 Å². The van der Waals surface area contributed by atoms with E-state index in [1.165, 1.54) is 12.1 Å². The smallest absolute Gasteiger partial charge is 0.272 e. The molecular formula is C18H14N2O3. The zero-order valence-electron chi connectivity index (χ0n) is 12.7. The summed E-state index contributed by atoms with van der Waals surface area (Å²) in [6.45, 7) is 3.42. The molecule has 0 aliphatic heterocycles. The van der Waals surface area contributed by atoms with Gasteiger partial charge in [-0.2, -0.15) is 5.26 Å². The summed E-state index contributed by atoms with van der Waals surface area (Å²) >= 11 is 0. The number of nitro benzene ring substituents is 1. The SMILES string of the molecule is Cc1ccccc1C(=O)/C(C#N)=C/c1ccc(C)c([N+](=O)[O-])c1. The molecule has 23 heavy (non-hydrogen) atoms. The molecule has 5 nitrogen and oxygen atoms in total. The second-order valence-corrected chi connectivity index (χ2v) is 5.12. The predicted octanol–water partition coefficient (Wildman–Crippen LogP) is 4.00. The lowest BCUT2D eigenvalue weighted by atomic mass is 9.98. The maximum Gasteiger partial charge on any atom is 0.272 e. The number of Topliss-reactive ketones (excluding diaryl/α,β-unsaturated/α-hetero) is 1. The van der Waals surface area contributed by atoms with Crippen LogP contribution in [0.1, 0.15) is 27.0 Å². The Hall–Kier alpha value is -3.26. The van der Waals surface area contributed by atoms with Crippen LogP contribution in [-0.2, 0) is 0 Å². The third-order valence-corrected chi connectivity index (χ3v) is 3.50. The van der Waals surface area contributed by atoms with Gasteiger partial charge in [-0.1, -0.05) is 36.4 Å². The van der Waals surface area contributed by atoms with Gasteiger partial charge in [-0.3, -0.25) is 14.9 Å². The fourth-order valence-corrected chi connectivity index (χ4v) is 2.20. The van der Waals surface area contributed by atoms with E-state index in [-0.39, 0.29) is 11.3 Å². The van der Waals surface area contributed by atoms with Gasteiger partial charge in [0.1, 0.15) is 11.6 Å². The highest BCUT2D eigenvalue weighted by atomic mass is 16.6. The first kappa shape index (κ1) is 16.1. The zero-order valence-corrected chi connectivity index (χ0v) is 12.7. The molecule has 0 aromatic heterocycles. The molecule has 0 fully saturated rings. The topological polar surface area (TPSA) is 84.0 Å². The largest absolute Gasteiger partial charge is 0.288 e. The monoisotopic (exact) mass is 306 g/mol. The van der Waals surface area contributed by atoms with Crippen molar-refractivity contribution >= 4 is 17.5 Å². The standard InChI is InChI=1S/C18H14N2O3/c1-12-5-3-4-6-16(12)18(21)15(11-19)9-14-8-7-13(2)17(10-14)20(22)23/h3-10H,1-2H3/b15-9+. The number of aryl methyl sites for hydroxylation is 2. The van der Waals surface area contributed by atoms with Crippen molar-refractivity contribution in [2.24, 2.45) is 0 Å². The predicted molar refractivity (Wildman–Crippen MR) is 86.9 cm³/mol. The van der Waals surface area contributed by atoms with Gasteiger partial charge >= 0.3 is 0 Å². The Morgan fingerprint density at radius 2 is 1.87 bits per heavy atom. The van der Waals surface area contributed by atoms with E-state index in [0.717, 1.165) is 5.56 Å². The van der Waals surface area contributed by atoms with Gasteiger partial charge in [-0.05, 0) is 31.1 Å². The number of carbonyl (C=O) groups excluding carboxylic acids is 1. The summed E-state index contributed by atoms with van der Waals surface area (Å²) in [6, 6.07) is 13.5. The summed E-state index contributed by atoms with van der Waals surface area (Å²) in [7, 11) is 0. The quantitative estimate of drug-likeness (QED) is 0.281. The number of carbonyl (C=O) groups is 1. The van der Waals surface area contributed by atoms with Crippen molar-refractivity contribution in [3.05, 3.63) is 80.4 Å². The molecule has 2 aromatic rings. The van der Waals surface area contributed by atoms with E-state index in [0.29, 0.717) is 16.7 Å². The Kier molecular flexibility index (Phi) is 4.67. The Morgan fingerprint density at radius 1 is 1.17 bits per heavy atom. The zero-order chi connectivity index (χ0) is 17.0. The summed E-state index contributed by atoms with van der Waals surface area (Å²) in [5.74, 6) is -0.395. The molecule has 0 bridgehead atoms. The van der Waals surface area contributed by atoms with Gasteiger partial charge in [0.2, 0.25) is 5.78 Å². The average Bonchev–Trinajstić information content (AvgIpc) is 2.53. The van der Waals surface area contributed by atoms with Crippen molar-refractivity contribution in [2.75, 3.05) is 0 Å². The summed E-state index contributed by atoms with van der Waals surface area (Å²) in [5.41, 5.74) is 2.09. The van der Waals surface area contributed by atoms with E-state index in [1.807, 2.05) is 12.1 Å². The number of hydrogen-bond donors (Lipinski definition) is 0. The molecular weight excluding hydrogens is 292 g/mol. The van der Waals surface area contributed by atoms with Gasteiger partial charge < -0.3 is 0 Å². The van der Waals surface area contributed by atoms with Crippen LogP contribution >= 0.6 is 0 Å². The molecule has 0 aliphatic carbocycles. The first-order valence-electron chi connectivity index (χ1n) is 6.91. The Balaban J connectivity index is 2.46. The first-order chi connectivity index (χ1) is 10.9. The van der Waals surface area contributed by atoms with Crippen molar-refractivity contribution in [1.29, 1.82) is 5.26 Å². The molecule has 0 N–H and O–H groups in total. The van der Waals surface area contributed by atoms with Gasteiger partial charge in [0, 0.05) is 17.2 Å². The minimum Gasteiger partial charge on any atom is -0.288 e. The van der Waals surface area contributed by atoms with E-state index in [9.17, 15) is 20.2 Å². The number of hydrogen-bond acceptors (Lipinski definition) is 4. The summed E-state index contributed by atoms with van der Waals surface area (Å²) in [4.78, 5) is 23.0. The number of benzene rings is 2. The van der Waals surface area contributed by atoms with Crippen LogP contribution in [0.2, 0.25) is 0 Å². The molecule has 114 valence electrons.